The van der Waals surface area contributed by atoms with Gasteiger partial charge in [0.25, 0.3) is 0 Å². The van der Waals surface area contributed by atoms with Crippen LogP contribution >= 0.6 is 11.3 Å². The molecule has 0 unspecified atom stereocenters. The maximum Gasteiger partial charge on any atom is 0.0819 e. The number of allylic oxidation sites excluding steroid dienone is 3. The van der Waals surface area contributed by atoms with Crippen molar-refractivity contribution in [3.8, 4) is 22.3 Å². The topological polar surface area (TPSA) is 0 Å². The fraction of sp³-hybridized carbons (Fsp3) is 0.0256. The van der Waals surface area contributed by atoms with Crippen molar-refractivity contribution in [3.05, 3.63) is 172 Å². The predicted molar refractivity (Wildman–Crippen MR) is 171 cm³/mol. The maximum absolute atomic E-state index is 4.54. The van der Waals surface area contributed by atoms with Crippen LogP contribution < -0.4 is 0 Å². The summed E-state index contributed by atoms with van der Waals surface area (Å²) in [4.78, 5) is 2.66. The summed E-state index contributed by atoms with van der Waals surface area (Å²) in [6.07, 6.45) is 2.32. The SMILES string of the molecule is C=C1C(=Cc2cc3c(s2)C2(c4ccccc4-c4ccccc42)c2ccccc2-3)C(=C)c2cc3ccccc3cc21. The Morgan fingerprint density at radius 3 is 1.48 bits per heavy atom. The van der Waals surface area contributed by atoms with E-state index in [1.807, 2.05) is 11.3 Å². The fourth-order valence-electron chi connectivity index (χ4n) is 7.43. The van der Waals surface area contributed by atoms with Crippen molar-refractivity contribution < 1.29 is 0 Å². The summed E-state index contributed by atoms with van der Waals surface area (Å²) in [6, 6.07) is 42.4. The molecule has 0 saturated carbocycles. The first-order valence-electron chi connectivity index (χ1n) is 13.7. The lowest BCUT2D eigenvalue weighted by Gasteiger charge is -2.29. The molecular formula is C39H24S. The molecular weight excluding hydrogens is 500 g/mol. The minimum atomic E-state index is -0.287. The van der Waals surface area contributed by atoms with Crippen molar-refractivity contribution >= 4 is 39.3 Å². The van der Waals surface area contributed by atoms with Gasteiger partial charge in [-0.15, -0.1) is 11.3 Å². The van der Waals surface area contributed by atoms with E-state index in [0.29, 0.717) is 0 Å². The van der Waals surface area contributed by atoms with E-state index in [2.05, 4.69) is 134 Å². The Bertz CT molecular complexity index is 2050. The highest BCUT2D eigenvalue weighted by Crippen LogP contribution is 2.64. The molecule has 3 aliphatic rings. The van der Waals surface area contributed by atoms with Gasteiger partial charge in [-0.05, 0) is 102 Å². The van der Waals surface area contributed by atoms with Gasteiger partial charge in [0, 0.05) is 9.75 Å². The predicted octanol–water partition coefficient (Wildman–Crippen LogP) is 10.4. The summed E-state index contributed by atoms with van der Waals surface area (Å²) >= 11 is 1.92. The first kappa shape index (κ1) is 22.1. The molecule has 0 amide bonds. The van der Waals surface area contributed by atoms with Crippen LogP contribution in [0.1, 0.15) is 37.6 Å². The molecule has 0 atom stereocenters. The highest BCUT2D eigenvalue weighted by molar-refractivity contribution is 7.13. The van der Waals surface area contributed by atoms with E-state index in [1.165, 1.54) is 70.6 Å². The van der Waals surface area contributed by atoms with Gasteiger partial charge < -0.3 is 0 Å². The Morgan fingerprint density at radius 2 is 0.950 bits per heavy atom. The molecule has 9 rings (SSSR count). The third kappa shape index (κ3) is 2.61. The van der Waals surface area contributed by atoms with E-state index in [4.69, 9.17) is 0 Å². The van der Waals surface area contributed by atoms with E-state index in [1.54, 1.807) is 0 Å². The van der Waals surface area contributed by atoms with Crippen molar-refractivity contribution in [3.63, 3.8) is 0 Å². The number of hydrogen-bond acceptors (Lipinski definition) is 1. The van der Waals surface area contributed by atoms with Crippen LogP contribution in [0, 0.1) is 0 Å². The van der Waals surface area contributed by atoms with Crippen molar-refractivity contribution in [1.29, 1.82) is 0 Å². The van der Waals surface area contributed by atoms with Crippen LogP contribution in [-0.2, 0) is 5.41 Å². The quantitative estimate of drug-likeness (QED) is 0.200. The Labute approximate surface area is 237 Å². The zero-order valence-corrected chi connectivity index (χ0v) is 22.7. The molecule has 1 spiro atoms. The molecule has 1 heteroatoms. The van der Waals surface area contributed by atoms with Gasteiger partial charge in [0.15, 0.2) is 0 Å². The molecule has 40 heavy (non-hydrogen) atoms. The number of rotatable bonds is 1. The number of benzene rings is 5. The monoisotopic (exact) mass is 524 g/mol. The molecule has 0 aliphatic heterocycles. The molecule has 0 saturated heterocycles. The third-order valence-electron chi connectivity index (χ3n) is 9.14. The molecule has 0 nitrogen and oxygen atoms in total. The van der Waals surface area contributed by atoms with Crippen LogP contribution in [0.2, 0.25) is 0 Å². The van der Waals surface area contributed by atoms with E-state index in [9.17, 15) is 0 Å². The average Bonchev–Trinajstić information content (AvgIpc) is 3.69. The van der Waals surface area contributed by atoms with Gasteiger partial charge >= 0.3 is 0 Å². The van der Waals surface area contributed by atoms with Crippen molar-refractivity contribution in [2.75, 3.05) is 0 Å². The summed E-state index contributed by atoms with van der Waals surface area (Å²) in [6.45, 7) is 9.07. The van der Waals surface area contributed by atoms with E-state index < -0.39 is 0 Å². The molecule has 6 aromatic rings. The first-order valence-corrected chi connectivity index (χ1v) is 14.6. The van der Waals surface area contributed by atoms with Crippen LogP contribution in [0.15, 0.2) is 134 Å². The van der Waals surface area contributed by atoms with Gasteiger partial charge in [-0.25, -0.2) is 0 Å². The first-order chi connectivity index (χ1) is 19.7. The molecule has 0 radical (unpaired) electrons. The molecule has 0 bridgehead atoms. The van der Waals surface area contributed by atoms with E-state index in [-0.39, 0.29) is 5.41 Å². The Hall–Kier alpha value is -4.72. The summed E-state index contributed by atoms with van der Waals surface area (Å²) in [5.41, 5.74) is 14.9. The standard InChI is InChI=1S/C39H24S/c1-23-31(24(2)33-20-26-12-4-3-11-25(26)19-32(23)33)21-27-22-34-30-15-7-10-18-37(30)39(38(34)40-27)35-16-8-5-13-28(35)29-14-6-9-17-36(29)39/h3-22H,1-2H2. The van der Waals surface area contributed by atoms with Crippen LogP contribution in [0.5, 0.6) is 0 Å². The molecule has 5 aromatic carbocycles. The minimum absolute atomic E-state index is 0.287. The molecule has 0 fully saturated rings. The van der Waals surface area contributed by atoms with Crippen LogP contribution in [0.3, 0.4) is 0 Å². The van der Waals surface area contributed by atoms with Gasteiger partial charge in [-0.3, -0.25) is 0 Å². The van der Waals surface area contributed by atoms with Crippen LogP contribution in [0.25, 0.3) is 50.2 Å². The second-order valence-electron chi connectivity index (χ2n) is 11.0. The van der Waals surface area contributed by atoms with Gasteiger partial charge in [0.1, 0.15) is 0 Å². The number of hydrogen-bond donors (Lipinski definition) is 0. The third-order valence-corrected chi connectivity index (χ3v) is 10.3. The molecule has 3 aliphatic carbocycles. The minimum Gasteiger partial charge on any atom is -0.139 e. The lowest BCUT2D eigenvalue weighted by molar-refractivity contribution is 0.811. The normalized spacial score (nSPS) is 15.2. The lowest BCUT2D eigenvalue weighted by atomic mass is 9.74. The zero-order chi connectivity index (χ0) is 26.6. The largest absolute Gasteiger partial charge is 0.139 e. The van der Waals surface area contributed by atoms with E-state index in [0.717, 1.165) is 16.7 Å². The second kappa shape index (κ2) is 7.69. The smallest absolute Gasteiger partial charge is 0.0819 e. The van der Waals surface area contributed by atoms with Crippen LogP contribution in [-0.4, -0.2) is 0 Å². The molecule has 1 aromatic heterocycles. The van der Waals surface area contributed by atoms with Crippen molar-refractivity contribution in [1.82, 2.24) is 0 Å². The van der Waals surface area contributed by atoms with Crippen molar-refractivity contribution in [2.45, 2.75) is 5.41 Å². The van der Waals surface area contributed by atoms with E-state index >= 15 is 0 Å². The number of thiophene rings is 1. The Kier molecular flexibility index (Phi) is 4.25. The second-order valence-corrected chi connectivity index (χ2v) is 12.1. The highest BCUT2D eigenvalue weighted by atomic mass is 32.1. The average molecular weight is 525 g/mol. The maximum atomic E-state index is 4.54. The van der Waals surface area contributed by atoms with Crippen LogP contribution in [0.4, 0.5) is 0 Å². The molecule has 186 valence electrons. The van der Waals surface area contributed by atoms with Gasteiger partial charge in [-0.2, -0.15) is 0 Å². The Morgan fingerprint density at radius 1 is 0.500 bits per heavy atom. The van der Waals surface area contributed by atoms with Gasteiger partial charge in [-0.1, -0.05) is 110 Å². The van der Waals surface area contributed by atoms with Gasteiger partial charge in [0.2, 0.25) is 0 Å². The molecule has 0 N–H and O–H groups in total. The zero-order valence-electron chi connectivity index (χ0n) is 21.9. The lowest BCUT2D eigenvalue weighted by Crippen LogP contribution is -2.24. The fourth-order valence-corrected chi connectivity index (χ4v) is 8.78. The highest BCUT2D eigenvalue weighted by Gasteiger charge is 2.52. The Balaban J connectivity index is 1.27. The number of fused-ring (bicyclic) bond motifs is 12. The van der Waals surface area contributed by atoms with Crippen molar-refractivity contribution in [2.24, 2.45) is 0 Å². The van der Waals surface area contributed by atoms with Gasteiger partial charge in [0.05, 0.1) is 5.41 Å². The molecule has 1 heterocycles. The summed E-state index contributed by atoms with van der Waals surface area (Å²) in [5.74, 6) is 0. The summed E-state index contributed by atoms with van der Waals surface area (Å²) < 4.78 is 0. The summed E-state index contributed by atoms with van der Waals surface area (Å²) in [7, 11) is 0. The summed E-state index contributed by atoms with van der Waals surface area (Å²) in [5, 5.41) is 2.48.